The van der Waals surface area contributed by atoms with E-state index in [1.165, 1.54) is 32.1 Å². The average molecular weight is 153 g/mol. The third kappa shape index (κ3) is 1.31. The second-order valence-corrected chi connectivity index (χ2v) is 4.40. The second-order valence-electron chi connectivity index (χ2n) is 4.40. The molecule has 0 bridgehead atoms. The van der Waals surface area contributed by atoms with Crippen molar-refractivity contribution in [1.29, 1.82) is 0 Å². The number of hydrogen-bond acceptors (Lipinski definition) is 1. The van der Waals surface area contributed by atoms with Crippen LogP contribution in [0.15, 0.2) is 0 Å². The summed E-state index contributed by atoms with van der Waals surface area (Å²) in [7, 11) is 0. The molecule has 11 heavy (non-hydrogen) atoms. The highest BCUT2D eigenvalue weighted by Crippen LogP contribution is 2.55. The SMILES string of the molecule is CC(N)C1C2CCCCCC21. The first-order valence-electron chi connectivity index (χ1n) is 5.06. The maximum atomic E-state index is 5.91. The molecule has 2 saturated carbocycles. The summed E-state index contributed by atoms with van der Waals surface area (Å²) < 4.78 is 0. The molecule has 0 aliphatic heterocycles. The molecular weight excluding hydrogens is 134 g/mol. The van der Waals surface area contributed by atoms with Crippen LogP contribution >= 0.6 is 0 Å². The minimum absolute atomic E-state index is 0.461. The van der Waals surface area contributed by atoms with Gasteiger partial charge in [-0.25, -0.2) is 0 Å². The van der Waals surface area contributed by atoms with E-state index in [2.05, 4.69) is 6.92 Å². The van der Waals surface area contributed by atoms with E-state index in [1.807, 2.05) is 0 Å². The number of rotatable bonds is 1. The van der Waals surface area contributed by atoms with Crippen molar-refractivity contribution in [1.82, 2.24) is 0 Å². The molecular formula is C10H19N. The van der Waals surface area contributed by atoms with Gasteiger partial charge >= 0.3 is 0 Å². The van der Waals surface area contributed by atoms with Crippen LogP contribution < -0.4 is 5.73 Å². The highest BCUT2D eigenvalue weighted by atomic mass is 14.7. The van der Waals surface area contributed by atoms with Gasteiger partial charge in [0.25, 0.3) is 0 Å². The smallest absolute Gasteiger partial charge is 0.00442 e. The van der Waals surface area contributed by atoms with E-state index in [-0.39, 0.29) is 0 Å². The van der Waals surface area contributed by atoms with Crippen LogP contribution in [-0.2, 0) is 0 Å². The highest BCUT2D eigenvalue weighted by molar-refractivity contribution is 5.01. The molecule has 1 nitrogen and oxygen atoms in total. The van der Waals surface area contributed by atoms with E-state index in [0.717, 1.165) is 17.8 Å². The van der Waals surface area contributed by atoms with Gasteiger partial charge in [-0.15, -0.1) is 0 Å². The molecule has 1 heteroatoms. The van der Waals surface area contributed by atoms with Gasteiger partial charge in [0.2, 0.25) is 0 Å². The summed E-state index contributed by atoms with van der Waals surface area (Å²) in [4.78, 5) is 0. The van der Waals surface area contributed by atoms with E-state index in [1.54, 1.807) is 0 Å². The zero-order valence-corrected chi connectivity index (χ0v) is 7.42. The Kier molecular flexibility index (Phi) is 1.92. The van der Waals surface area contributed by atoms with E-state index in [0.29, 0.717) is 6.04 Å². The molecule has 0 aromatic heterocycles. The average Bonchev–Trinajstić information content (AvgIpc) is 2.57. The standard InChI is InChI=1S/C10H19N/c1-7(11)10-8-5-3-2-4-6-9(8)10/h7-10H,2-6,11H2,1H3. The fraction of sp³-hybridized carbons (Fsp3) is 1.00. The predicted molar refractivity (Wildman–Crippen MR) is 47.2 cm³/mol. The molecule has 64 valence electrons. The zero-order valence-electron chi connectivity index (χ0n) is 7.42. The van der Waals surface area contributed by atoms with Crippen molar-refractivity contribution >= 4 is 0 Å². The Morgan fingerprint density at radius 1 is 1.09 bits per heavy atom. The Morgan fingerprint density at radius 3 is 2.09 bits per heavy atom. The Bertz CT molecular complexity index is 130. The van der Waals surface area contributed by atoms with Gasteiger partial charge in [-0.3, -0.25) is 0 Å². The van der Waals surface area contributed by atoms with Gasteiger partial charge in [-0.1, -0.05) is 19.3 Å². The Balaban J connectivity index is 1.91. The summed E-state index contributed by atoms with van der Waals surface area (Å²) >= 11 is 0. The van der Waals surface area contributed by atoms with Crippen LogP contribution in [0.3, 0.4) is 0 Å². The Labute approximate surface area is 69.4 Å². The van der Waals surface area contributed by atoms with Crippen molar-refractivity contribution in [3.63, 3.8) is 0 Å². The quantitative estimate of drug-likeness (QED) is 0.614. The van der Waals surface area contributed by atoms with Crippen molar-refractivity contribution in [3.05, 3.63) is 0 Å². The van der Waals surface area contributed by atoms with Crippen molar-refractivity contribution in [3.8, 4) is 0 Å². The van der Waals surface area contributed by atoms with Crippen molar-refractivity contribution < 1.29 is 0 Å². The first-order valence-corrected chi connectivity index (χ1v) is 5.06. The fourth-order valence-corrected chi connectivity index (χ4v) is 3.00. The summed E-state index contributed by atoms with van der Waals surface area (Å²) in [5.74, 6) is 2.95. The van der Waals surface area contributed by atoms with E-state index in [4.69, 9.17) is 5.73 Å². The third-order valence-corrected chi connectivity index (χ3v) is 3.58. The van der Waals surface area contributed by atoms with Crippen LogP contribution in [0.5, 0.6) is 0 Å². The van der Waals surface area contributed by atoms with E-state index < -0.39 is 0 Å². The lowest BCUT2D eigenvalue weighted by atomic mass is 10.1. The molecule has 0 saturated heterocycles. The topological polar surface area (TPSA) is 26.0 Å². The number of fused-ring (bicyclic) bond motifs is 1. The van der Waals surface area contributed by atoms with Gasteiger partial charge in [-0.05, 0) is 37.5 Å². The monoisotopic (exact) mass is 153 g/mol. The van der Waals surface area contributed by atoms with Gasteiger partial charge in [0, 0.05) is 6.04 Å². The molecule has 0 aromatic carbocycles. The molecule has 2 aliphatic rings. The molecule has 3 atom stereocenters. The molecule has 2 N–H and O–H groups in total. The van der Waals surface area contributed by atoms with Gasteiger partial charge in [0.05, 0.1) is 0 Å². The molecule has 2 aliphatic carbocycles. The van der Waals surface area contributed by atoms with Crippen LogP contribution in [0, 0.1) is 17.8 Å². The molecule has 0 aromatic rings. The molecule has 2 rings (SSSR count). The van der Waals surface area contributed by atoms with Crippen LogP contribution in [-0.4, -0.2) is 6.04 Å². The lowest BCUT2D eigenvalue weighted by Crippen LogP contribution is -2.19. The van der Waals surface area contributed by atoms with Crippen LogP contribution in [0.1, 0.15) is 39.0 Å². The van der Waals surface area contributed by atoms with Gasteiger partial charge in [0.1, 0.15) is 0 Å². The van der Waals surface area contributed by atoms with Crippen LogP contribution in [0.4, 0.5) is 0 Å². The van der Waals surface area contributed by atoms with Crippen molar-refractivity contribution in [2.45, 2.75) is 45.1 Å². The first-order chi connectivity index (χ1) is 5.30. The molecule has 0 heterocycles. The fourth-order valence-electron chi connectivity index (χ4n) is 3.00. The zero-order chi connectivity index (χ0) is 7.84. The first kappa shape index (κ1) is 7.60. The summed E-state index contributed by atoms with van der Waals surface area (Å²) in [6, 6.07) is 0.461. The van der Waals surface area contributed by atoms with Gasteiger partial charge in [-0.2, -0.15) is 0 Å². The Hall–Kier alpha value is -0.0400. The Morgan fingerprint density at radius 2 is 1.64 bits per heavy atom. The maximum absolute atomic E-state index is 5.91. The van der Waals surface area contributed by atoms with Gasteiger partial charge in [0.15, 0.2) is 0 Å². The molecule has 0 radical (unpaired) electrons. The second kappa shape index (κ2) is 2.78. The van der Waals surface area contributed by atoms with E-state index in [9.17, 15) is 0 Å². The molecule has 3 unspecified atom stereocenters. The molecule has 0 amide bonds. The minimum atomic E-state index is 0.461. The normalized spacial score (nSPS) is 45.8. The highest BCUT2D eigenvalue weighted by Gasteiger charge is 2.50. The summed E-state index contributed by atoms with van der Waals surface area (Å²) in [6.07, 6.45) is 7.33. The lowest BCUT2D eigenvalue weighted by Gasteiger charge is -2.05. The summed E-state index contributed by atoms with van der Waals surface area (Å²) in [5.41, 5.74) is 5.91. The maximum Gasteiger partial charge on any atom is 0.00442 e. The minimum Gasteiger partial charge on any atom is -0.328 e. The third-order valence-electron chi connectivity index (χ3n) is 3.58. The van der Waals surface area contributed by atoms with Gasteiger partial charge < -0.3 is 5.73 Å². The lowest BCUT2D eigenvalue weighted by molar-refractivity contribution is 0.512. The largest absolute Gasteiger partial charge is 0.328 e. The molecule has 0 spiro atoms. The number of nitrogens with two attached hydrogens (primary N) is 1. The van der Waals surface area contributed by atoms with Crippen LogP contribution in [0.25, 0.3) is 0 Å². The summed E-state index contributed by atoms with van der Waals surface area (Å²) in [6.45, 7) is 2.18. The van der Waals surface area contributed by atoms with E-state index >= 15 is 0 Å². The van der Waals surface area contributed by atoms with Crippen LogP contribution in [0.2, 0.25) is 0 Å². The van der Waals surface area contributed by atoms with Crippen molar-refractivity contribution in [2.24, 2.45) is 23.5 Å². The summed E-state index contributed by atoms with van der Waals surface area (Å²) in [5, 5.41) is 0. The predicted octanol–water partition coefficient (Wildman–Crippen LogP) is 2.16. The van der Waals surface area contributed by atoms with Crippen molar-refractivity contribution in [2.75, 3.05) is 0 Å². The molecule has 2 fully saturated rings. The number of hydrogen-bond donors (Lipinski definition) is 1.